The molecule has 3 heteroatoms. The number of aromatic hydroxyl groups is 2. The molecule has 1 rings (SSSR count). The molecule has 24 heavy (non-hydrogen) atoms. The van der Waals surface area contributed by atoms with Gasteiger partial charge < -0.3 is 14.9 Å². The Morgan fingerprint density at radius 2 is 1.29 bits per heavy atom. The molecule has 0 aromatic heterocycles. The van der Waals surface area contributed by atoms with Crippen molar-refractivity contribution in [1.82, 2.24) is 0 Å². The average molecular weight is 337 g/mol. The molecule has 0 unspecified atom stereocenters. The molecule has 0 saturated carbocycles. The van der Waals surface area contributed by atoms with Gasteiger partial charge in [0.05, 0.1) is 0 Å². The third-order valence-electron chi connectivity index (χ3n) is 4.54. The van der Waals surface area contributed by atoms with Crippen LogP contribution in [-0.2, 0) is 11.2 Å². The summed E-state index contributed by atoms with van der Waals surface area (Å²) >= 11 is 0. The Labute approximate surface area is 148 Å². The van der Waals surface area contributed by atoms with Gasteiger partial charge in [0, 0.05) is 13.2 Å². The summed E-state index contributed by atoms with van der Waals surface area (Å²) in [7, 11) is 0. The first kappa shape index (κ1) is 20.8. The van der Waals surface area contributed by atoms with Crippen molar-refractivity contribution in [2.45, 2.75) is 84.0 Å². The van der Waals surface area contributed by atoms with E-state index in [1.165, 1.54) is 70.3 Å². The SMILES string of the molecule is CCOCCCCCCCCCCCCCc1cccc(O)c1O. The van der Waals surface area contributed by atoms with Crippen LogP contribution in [0.2, 0.25) is 0 Å². The molecule has 0 aliphatic rings. The van der Waals surface area contributed by atoms with E-state index in [1.54, 1.807) is 6.07 Å². The van der Waals surface area contributed by atoms with Crippen molar-refractivity contribution in [3.8, 4) is 11.5 Å². The van der Waals surface area contributed by atoms with Gasteiger partial charge in [-0.15, -0.1) is 0 Å². The van der Waals surface area contributed by atoms with E-state index in [-0.39, 0.29) is 11.5 Å². The van der Waals surface area contributed by atoms with E-state index >= 15 is 0 Å². The van der Waals surface area contributed by atoms with E-state index < -0.39 is 0 Å². The van der Waals surface area contributed by atoms with Gasteiger partial charge in [-0.3, -0.25) is 0 Å². The number of aryl methyl sites for hydroxylation is 1. The highest BCUT2D eigenvalue weighted by molar-refractivity contribution is 5.44. The van der Waals surface area contributed by atoms with Crippen LogP contribution in [0.15, 0.2) is 18.2 Å². The highest BCUT2D eigenvalue weighted by Gasteiger charge is 2.04. The van der Waals surface area contributed by atoms with E-state index in [9.17, 15) is 10.2 Å². The predicted octanol–water partition coefficient (Wildman–Crippen LogP) is 5.97. The first-order chi connectivity index (χ1) is 11.8. The summed E-state index contributed by atoms with van der Waals surface area (Å²) < 4.78 is 5.34. The Hall–Kier alpha value is -1.22. The number of phenols is 2. The standard InChI is InChI=1S/C21H36O3/c1-2-24-18-13-11-9-7-5-3-4-6-8-10-12-15-19-16-14-17-20(22)21(19)23/h14,16-17,22-23H,2-13,15,18H2,1H3. The first-order valence-corrected chi connectivity index (χ1v) is 9.83. The van der Waals surface area contributed by atoms with Crippen molar-refractivity contribution in [1.29, 1.82) is 0 Å². The molecule has 3 nitrogen and oxygen atoms in total. The minimum Gasteiger partial charge on any atom is -0.504 e. The van der Waals surface area contributed by atoms with Gasteiger partial charge in [0.2, 0.25) is 0 Å². The lowest BCUT2D eigenvalue weighted by Gasteiger charge is -2.06. The zero-order valence-electron chi connectivity index (χ0n) is 15.4. The second-order valence-electron chi connectivity index (χ2n) is 6.62. The highest BCUT2D eigenvalue weighted by atomic mass is 16.5. The summed E-state index contributed by atoms with van der Waals surface area (Å²) in [6, 6.07) is 5.21. The van der Waals surface area contributed by atoms with E-state index in [1.807, 2.05) is 6.07 Å². The smallest absolute Gasteiger partial charge is 0.160 e. The summed E-state index contributed by atoms with van der Waals surface area (Å²) in [4.78, 5) is 0. The minimum atomic E-state index is -0.00890. The lowest BCUT2D eigenvalue weighted by molar-refractivity contribution is 0.143. The Morgan fingerprint density at radius 3 is 1.88 bits per heavy atom. The lowest BCUT2D eigenvalue weighted by Crippen LogP contribution is -1.92. The Balaban J connectivity index is 1.85. The van der Waals surface area contributed by atoms with Crippen molar-refractivity contribution in [3.63, 3.8) is 0 Å². The number of unbranched alkanes of at least 4 members (excludes halogenated alkanes) is 10. The van der Waals surface area contributed by atoms with Gasteiger partial charge in [0.25, 0.3) is 0 Å². The molecule has 0 bridgehead atoms. The largest absolute Gasteiger partial charge is 0.504 e. The second kappa shape index (κ2) is 14.2. The molecule has 0 spiro atoms. The van der Waals surface area contributed by atoms with E-state index in [2.05, 4.69) is 6.92 Å². The second-order valence-corrected chi connectivity index (χ2v) is 6.62. The average Bonchev–Trinajstić information content (AvgIpc) is 2.58. The summed E-state index contributed by atoms with van der Waals surface area (Å²) in [6.07, 6.45) is 15.0. The third-order valence-corrected chi connectivity index (χ3v) is 4.54. The molecule has 138 valence electrons. The molecule has 0 amide bonds. The van der Waals surface area contributed by atoms with Crippen molar-refractivity contribution >= 4 is 0 Å². The molecule has 0 heterocycles. The predicted molar refractivity (Wildman–Crippen MR) is 101 cm³/mol. The molecule has 1 aromatic carbocycles. The van der Waals surface area contributed by atoms with Gasteiger partial charge in [-0.1, -0.05) is 69.9 Å². The van der Waals surface area contributed by atoms with E-state index in [0.29, 0.717) is 0 Å². The van der Waals surface area contributed by atoms with Crippen LogP contribution in [0, 0.1) is 0 Å². The zero-order chi connectivity index (χ0) is 17.5. The molecule has 0 atom stereocenters. The van der Waals surface area contributed by atoms with Crippen molar-refractivity contribution in [2.24, 2.45) is 0 Å². The maximum atomic E-state index is 9.74. The van der Waals surface area contributed by atoms with Crippen LogP contribution in [-0.4, -0.2) is 23.4 Å². The maximum absolute atomic E-state index is 9.74. The number of ether oxygens (including phenoxy) is 1. The lowest BCUT2D eigenvalue weighted by atomic mass is 10.0. The van der Waals surface area contributed by atoms with E-state index in [0.717, 1.165) is 31.6 Å². The van der Waals surface area contributed by atoms with Crippen LogP contribution in [0.1, 0.15) is 83.1 Å². The normalized spacial score (nSPS) is 11.0. The summed E-state index contributed by atoms with van der Waals surface area (Å²) in [5.41, 5.74) is 0.860. The van der Waals surface area contributed by atoms with Gasteiger partial charge in [-0.05, 0) is 37.8 Å². The van der Waals surface area contributed by atoms with Crippen LogP contribution < -0.4 is 0 Å². The molecule has 0 fully saturated rings. The Kier molecular flexibility index (Phi) is 12.3. The third kappa shape index (κ3) is 9.82. The van der Waals surface area contributed by atoms with Crippen molar-refractivity contribution in [2.75, 3.05) is 13.2 Å². The molecule has 0 aliphatic carbocycles. The first-order valence-electron chi connectivity index (χ1n) is 9.83. The number of rotatable bonds is 15. The van der Waals surface area contributed by atoms with Gasteiger partial charge in [0.1, 0.15) is 0 Å². The van der Waals surface area contributed by atoms with Crippen LogP contribution in [0.25, 0.3) is 0 Å². The summed E-state index contributed by atoms with van der Waals surface area (Å²) in [6.45, 7) is 3.82. The molecule has 2 N–H and O–H groups in total. The molecular weight excluding hydrogens is 300 g/mol. The van der Waals surface area contributed by atoms with E-state index in [4.69, 9.17) is 4.74 Å². The quantitative estimate of drug-likeness (QED) is 0.306. The van der Waals surface area contributed by atoms with Gasteiger partial charge in [-0.2, -0.15) is 0 Å². The maximum Gasteiger partial charge on any atom is 0.160 e. The molecule has 0 aliphatic heterocycles. The molecule has 1 aromatic rings. The Bertz CT molecular complexity index is 418. The fraction of sp³-hybridized carbons (Fsp3) is 0.714. The Morgan fingerprint density at radius 1 is 0.750 bits per heavy atom. The molecular formula is C21H36O3. The number of phenolic OH excluding ortho intramolecular Hbond substituents is 2. The number of benzene rings is 1. The monoisotopic (exact) mass is 336 g/mol. The fourth-order valence-corrected chi connectivity index (χ4v) is 3.03. The van der Waals surface area contributed by atoms with Crippen LogP contribution in [0.3, 0.4) is 0 Å². The van der Waals surface area contributed by atoms with Gasteiger partial charge in [0.15, 0.2) is 11.5 Å². The van der Waals surface area contributed by atoms with Gasteiger partial charge >= 0.3 is 0 Å². The highest BCUT2D eigenvalue weighted by Crippen LogP contribution is 2.29. The van der Waals surface area contributed by atoms with Gasteiger partial charge in [-0.25, -0.2) is 0 Å². The number of hydrogen-bond donors (Lipinski definition) is 2. The summed E-state index contributed by atoms with van der Waals surface area (Å²) in [5.74, 6) is 0.0455. The molecule has 0 radical (unpaired) electrons. The number of hydrogen-bond acceptors (Lipinski definition) is 3. The van der Waals surface area contributed by atoms with Crippen molar-refractivity contribution < 1.29 is 14.9 Å². The fourth-order valence-electron chi connectivity index (χ4n) is 3.03. The van der Waals surface area contributed by atoms with Crippen LogP contribution in [0.4, 0.5) is 0 Å². The van der Waals surface area contributed by atoms with Crippen molar-refractivity contribution in [3.05, 3.63) is 23.8 Å². The van der Waals surface area contributed by atoms with Crippen LogP contribution >= 0.6 is 0 Å². The zero-order valence-corrected chi connectivity index (χ0v) is 15.4. The summed E-state index contributed by atoms with van der Waals surface area (Å²) in [5, 5.41) is 19.2. The minimum absolute atomic E-state index is 0.00890. The number of para-hydroxylation sites is 1. The van der Waals surface area contributed by atoms with Crippen LogP contribution in [0.5, 0.6) is 11.5 Å². The topological polar surface area (TPSA) is 49.7 Å². The molecule has 0 saturated heterocycles.